The van der Waals surface area contributed by atoms with Gasteiger partial charge in [0, 0.05) is 36.1 Å². The van der Waals surface area contributed by atoms with Crippen LogP contribution in [0.25, 0.3) is 0 Å². The Labute approximate surface area is 163 Å². The van der Waals surface area contributed by atoms with Gasteiger partial charge in [-0.2, -0.15) is 5.01 Å². The first-order valence-corrected chi connectivity index (χ1v) is 8.48. The largest absolute Gasteiger partial charge is 0.292 e. The zero-order valence-corrected chi connectivity index (χ0v) is 14.9. The fraction of sp³-hybridized carbons (Fsp3) is 0.158. The third-order valence-corrected chi connectivity index (χ3v) is 4.26. The first-order valence-electron chi connectivity index (χ1n) is 8.48. The number of nitro groups is 1. The van der Waals surface area contributed by atoms with Gasteiger partial charge in [0.05, 0.1) is 4.92 Å². The number of benzene rings is 2. The molecule has 0 aromatic heterocycles. The van der Waals surface area contributed by atoms with Crippen molar-refractivity contribution < 1.29 is 28.5 Å². The minimum atomic E-state index is -0.923. The highest BCUT2D eigenvalue weighted by Gasteiger charge is 2.38. The summed E-state index contributed by atoms with van der Waals surface area (Å²) in [5, 5.41) is 12.2. The van der Waals surface area contributed by atoms with Crippen molar-refractivity contribution in [3.05, 3.63) is 75.6 Å². The van der Waals surface area contributed by atoms with Crippen LogP contribution in [0.4, 0.5) is 10.1 Å². The molecule has 29 heavy (non-hydrogen) atoms. The summed E-state index contributed by atoms with van der Waals surface area (Å²) in [5.74, 6) is -3.46. The van der Waals surface area contributed by atoms with Crippen molar-refractivity contribution in [2.75, 3.05) is 6.54 Å². The molecule has 0 spiro atoms. The molecule has 3 amide bonds. The normalized spacial score (nSPS) is 13.5. The Morgan fingerprint density at radius 1 is 1.03 bits per heavy atom. The lowest BCUT2D eigenvalue weighted by molar-refractivity contribution is -0.384. The lowest BCUT2D eigenvalue weighted by Crippen LogP contribution is -2.51. The van der Waals surface area contributed by atoms with Crippen molar-refractivity contribution in [1.29, 1.82) is 0 Å². The van der Waals surface area contributed by atoms with Gasteiger partial charge in [0.2, 0.25) is 11.8 Å². The Hall–Kier alpha value is -3.95. The van der Waals surface area contributed by atoms with Gasteiger partial charge in [-0.3, -0.25) is 29.3 Å². The molecule has 2 aromatic rings. The molecule has 1 aliphatic rings. The molecule has 0 bridgehead atoms. The van der Waals surface area contributed by atoms with Crippen LogP contribution >= 0.6 is 0 Å². The molecular weight excluding hydrogens is 385 g/mol. The van der Waals surface area contributed by atoms with E-state index in [4.69, 9.17) is 0 Å². The topological polar surface area (TPSA) is 118 Å². The minimum Gasteiger partial charge on any atom is -0.292 e. The number of non-ortho nitro benzene ring substituents is 1. The minimum absolute atomic E-state index is 0.0716. The second-order valence-electron chi connectivity index (χ2n) is 6.20. The molecule has 0 N–H and O–H groups in total. The highest BCUT2D eigenvalue weighted by atomic mass is 19.1. The SMILES string of the molecule is O=C(CN(C(=O)c1cccc([N+](=O)[O-])c1)N1C(=O)CCC1=O)c1ccc(F)cc1. The van der Waals surface area contributed by atoms with Gasteiger partial charge in [-0.15, -0.1) is 0 Å². The number of rotatable bonds is 6. The highest BCUT2D eigenvalue weighted by molar-refractivity contribution is 6.08. The van der Waals surface area contributed by atoms with Gasteiger partial charge in [-0.25, -0.2) is 9.40 Å². The molecule has 0 aliphatic carbocycles. The van der Waals surface area contributed by atoms with E-state index >= 15 is 0 Å². The predicted molar refractivity (Wildman–Crippen MR) is 96.0 cm³/mol. The van der Waals surface area contributed by atoms with Crippen molar-refractivity contribution in [2.24, 2.45) is 0 Å². The molecule has 10 heteroatoms. The van der Waals surface area contributed by atoms with Crippen LogP contribution in [0.3, 0.4) is 0 Å². The lowest BCUT2D eigenvalue weighted by Gasteiger charge is -2.29. The molecule has 9 nitrogen and oxygen atoms in total. The van der Waals surface area contributed by atoms with Crippen LogP contribution in [0.1, 0.15) is 33.6 Å². The van der Waals surface area contributed by atoms with Gasteiger partial charge in [-0.1, -0.05) is 6.07 Å². The Kier molecular flexibility index (Phi) is 5.44. The van der Waals surface area contributed by atoms with E-state index in [-0.39, 0.29) is 29.7 Å². The molecule has 0 saturated carbocycles. The van der Waals surface area contributed by atoms with Gasteiger partial charge in [0.25, 0.3) is 11.6 Å². The van der Waals surface area contributed by atoms with Crippen LogP contribution in [0, 0.1) is 15.9 Å². The number of hydrogen-bond donors (Lipinski definition) is 0. The molecule has 1 fully saturated rings. The third kappa shape index (κ3) is 4.15. The number of nitrogens with zero attached hydrogens (tertiary/aromatic N) is 3. The zero-order valence-electron chi connectivity index (χ0n) is 14.9. The maximum Gasteiger partial charge on any atom is 0.273 e. The molecular formula is C19H14FN3O6. The number of hydrazine groups is 1. The standard InChI is InChI=1S/C19H14FN3O6/c20-14-6-4-12(5-7-14)16(24)11-21(22-17(25)8-9-18(22)26)19(27)13-2-1-3-15(10-13)23(28)29/h1-7,10H,8-9,11H2. The van der Waals surface area contributed by atoms with Crippen LogP contribution in [0.5, 0.6) is 0 Å². The van der Waals surface area contributed by atoms with Gasteiger partial charge < -0.3 is 0 Å². The van der Waals surface area contributed by atoms with Crippen LogP contribution in [0.2, 0.25) is 0 Å². The first kappa shape index (κ1) is 19.8. The van der Waals surface area contributed by atoms with Crippen LogP contribution in [0.15, 0.2) is 48.5 Å². The molecule has 2 aromatic carbocycles. The van der Waals surface area contributed by atoms with Gasteiger partial charge in [0.1, 0.15) is 12.4 Å². The maximum atomic E-state index is 13.1. The Balaban J connectivity index is 1.95. The quantitative estimate of drug-likeness (QED) is 0.318. The zero-order chi connectivity index (χ0) is 21.1. The molecule has 3 rings (SSSR count). The second kappa shape index (κ2) is 7.97. The number of carbonyl (C=O) groups is 4. The van der Waals surface area contributed by atoms with Crippen LogP contribution in [-0.2, 0) is 9.59 Å². The fourth-order valence-corrected chi connectivity index (χ4v) is 2.83. The lowest BCUT2D eigenvalue weighted by atomic mass is 10.1. The van der Waals surface area contributed by atoms with E-state index in [1.165, 1.54) is 30.3 Å². The number of hydrogen-bond acceptors (Lipinski definition) is 6. The number of imide groups is 1. The molecule has 0 radical (unpaired) electrons. The summed E-state index contributed by atoms with van der Waals surface area (Å²) in [6.07, 6.45) is -0.245. The Morgan fingerprint density at radius 3 is 2.24 bits per heavy atom. The summed E-state index contributed by atoms with van der Waals surface area (Å²) in [4.78, 5) is 60.1. The van der Waals surface area contributed by atoms with E-state index in [0.717, 1.165) is 18.2 Å². The van der Waals surface area contributed by atoms with Crippen LogP contribution in [-0.4, -0.2) is 45.0 Å². The summed E-state index contributed by atoms with van der Waals surface area (Å²) in [7, 11) is 0. The van der Waals surface area contributed by atoms with Crippen LogP contribution < -0.4 is 0 Å². The molecule has 1 saturated heterocycles. The number of Topliss-reactive ketones (excluding diaryl/α,β-unsaturated/α-hetero) is 1. The van der Waals surface area contributed by atoms with Gasteiger partial charge >= 0.3 is 0 Å². The van der Waals surface area contributed by atoms with Crippen molar-refractivity contribution in [2.45, 2.75) is 12.8 Å². The van der Waals surface area contributed by atoms with Crippen molar-refractivity contribution in [3.63, 3.8) is 0 Å². The third-order valence-electron chi connectivity index (χ3n) is 4.26. The highest BCUT2D eigenvalue weighted by Crippen LogP contribution is 2.21. The van der Waals surface area contributed by atoms with Crippen molar-refractivity contribution in [1.82, 2.24) is 10.0 Å². The number of ketones is 1. The smallest absolute Gasteiger partial charge is 0.273 e. The molecule has 0 atom stereocenters. The average Bonchev–Trinajstić information content (AvgIpc) is 3.04. The number of carbonyl (C=O) groups excluding carboxylic acids is 4. The van der Waals surface area contributed by atoms with E-state index in [2.05, 4.69) is 0 Å². The fourth-order valence-electron chi connectivity index (χ4n) is 2.83. The van der Waals surface area contributed by atoms with E-state index in [1.807, 2.05) is 0 Å². The van der Waals surface area contributed by atoms with E-state index in [9.17, 15) is 33.7 Å². The molecule has 1 heterocycles. The van der Waals surface area contributed by atoms with Crippen molar-refractivity contribution >= 4 is 29.2 Å². The summed E-state index contributed by atoms with van der Waals surface area (Å²) in [5.41, 5.74) is -0.458. The predicted octanol–water partition coefficient (Wildman–Crippen LogP) is 2.12. The number of amides is 3. The number of halogens is 1. The summed E-state index contributed by atoms with van der Waals surface area (Å²) in [6, 6.07) is 9.26. The molecule has 148 valence electrons. The maximum absolute atomic E-state index is 13.1. The van der Waals surface area contributed by atoms with Gasteiger partial charge in [-0.05, 0) is 30.3 Å². The monoisotopic (exact) mass is 399 g/mol. The van der Waals surface area contributed by atoms with E-state index < -0.39 is 40.8 Å². The van der Waals surface area contributed by atoms with Crippen molar-refractivity contribution in [3.8, 4) is 0 Å². The Bertz CT molecular complexity index is 1000. The second-order valence-corrected chi connectivity index (χ2v) is 6.20. The first-order chi connectivity index (χ1) is 13.8. The summed E-state index contributed by atoms with van der Waals surface area (Å²) < 4.78 is 13.1. The summed E-state index contributed by atoms with van der Waals surface area (Å²) in [6.45, 7) is -0.676. The Morgan fingerprint density at radius 2 is 1.66 bits per heavy atom. The number of nitro benzene ring substituents is 1. The summed E-state index contributed by atoms with van der Waals surface area (Å²) >= 11 is 0. The van der Waals surface area contributed by atoms with E-state index in [0.29, 0.717) is 10.0 Å². The van der Waals surface area contributed by atoms with Gasteiger partial charge in [0.15, 0.2) is 5.78 Å². The molecule has 1 aliphatic heterocycles. The van der Waals surface area contributed by atoms with E-state index in [1.54, 1.807) is 0 Å². The molecule has 0 unspecified atom stereocenters. The average molecular weight is 399 g/mol.